The Morgan fingerprint density at radius 1 is 1.09 bits per heavy atom. The highest BCUT2D eigenvalue weighted by atomic mass is 16.5. The number of fused-ring (bicyclic) bond motifs is 3. The summed E-state index contributed by atoms with van der Waals surface area (Å²) in [5.74, 6) is 3.01. The van der Waals surface area contributed by atoms with Gasteiger partial charge in [-0.2, -0.15) is 5.10 Å². The van der Waals surface area contributed by atoms with Crippen LogP contribution < -0.4 is 4.90 Å². The van der Waals surface area contributed by atoms with E-state index in [1.807, 2.05) is 24.7 Å². The van der Waals surface area contributed by atoms with Crippen molar-refractivity contribution >= 4 is 16.7 Å². The van der Waals surface area contributed by atoms with Crippen LogP contribution in [0.25, 0.3) is 16.7 Å². The van der Waals surface area contributed by atoms with Crippen LogP contribution in [-0.4, -0.2) is 55.8 Å². The zero-order valence-electron chi connectivity index (χ0n) is 19.1. The Bertz CT molecular complexity index is 1180. The molecule has 3 fully saturated rings. The molecule has 1 N–H and O–H groups in total. The summed E-state index contributed by atoms with van der Waals surface area (Å²) in [5.41, 5.74) is 3.23. The quantitative estimate of drug-likeness (QED) is 0.677. The Hall–Kier alpha value is -2.51. The molecular weight excluding hydrogens is 402 g/mol. The molecule has 0 amide bonds. The van der Waals surface area contributed by atoms with E-state index in [0.29, 0.717) is 18.1 Å². The van der Waals surface area contributed by atoms with Crippen molar-refractivity contribution in [3.63, 3.8) is 0 Å². The van der Waals surface area contributed by atoms with Gasteiger partial charge in [0.05, 0.1) is 36.1 Å². The number of nitrogens with zero attached hydrogens (tertiary/aromatic N) is 5. The maximum Gasteiger partial charge on any atom is 0.159 e. The zero-order valence-corrected chi connectivity index (χ0v) is 19.1. The number of rotatable bonds is 3. The monoisotopic (exact) mass is 433 g/mol. The molecule has 4 heterocycles. The maximum absolute atomic E-state index is 10.4. The van der Waals surface area contributed by atoms with Crippen molar-refractivity contribution < 1.29 is 9.84 Å². The molecule has 168 valence electrons. The minimum Gasteiger partial charge on any atom is -0.390 e. The second-order valence-electron chi connectivity index (χ2n) is 10.2. The Labute approximate surface area is 188 Å². The van der Waals surface area contributed by atoms with Gasteiger partial charge in [-0.1, -0.05) is 0 Å². The highest BCUT2D eigenvalue weighted by molar-refractivity contribution is 5.82. The largest absolute Gasteiger partial charge is 0.390 e. The van der Waals surface area contributed by atoms with Gasteiger partial charge in [0.15, 0.2) is 5.82 Å². The lowest BCUT2D eigenvalue weighted by Gasteiger charge is -2.34. The summed E-state index contributed by atoms with van der Waals surface area (Å²) in [5, 5.41) is 16.2. The van der Waals surface area contributed by atoms with Gasteiger partial charge in [-0.25, -0.2) is 14.6 Å². The van der Waals surface area contributed by atoms with Gasteiger partial charge in [0.25, 0.3) is 0 Å². The summed E-state index contributed by atoms with van der Waals surface area (Å²) in [6, 6.07) is 7.02. The van der Waals surface area contributed by atoms with E-state index < -0.39 is 5.60 Å². The van der Waals surface area contributed by atoms with E-state index >= 15 is 0 Å². The minimum absolute atomic E-state index is 0.325. The lowest BCUT2D eigenvalue weighted by Crippen LogP contribution is -2.37. The van der Waals surface area contributed by atoms with Gasteiger partial charge in [0.1, 0.15) is 11.6 Å². The molecule has 32 heavy (non-hydrogen) atoms. The third-order valence-corrected chi connectivity index (χ3v) is 7.68. The van der Waals surface area contributed by atoms with Gasteiger partial charge in [0.2, 0.25) is 0 Å². The molecule has 7 heteroatoms. The number of hydrogen-bond donors (Lipinski definition) is 1. The normalized spacial score (nSPS) is 29.9. The molecule has 3 aromatic rings. The Morgan fingerprint density at radius 3 is 2.59 bits per heavy atom. The Kier molecular flexibility index (Phi) is 4.56. The second-order valence-corrected chi connectivity index (χ2v) is 10.2. The number of benzene rings is 1. The first kappa shape index (κ1) is 20.1. The molecule has 2 aliphatic heterocycles. The fourth-order valence-electron chi connectivity index (χ4n) is 5.85. The minimum atomic E-state index is -0.523. The van der Waals surface area contributed by atoms with Crippen LogP contribution in [0, 0.1) is 13.8 Å². The average Bonchev–Trinajstić information content (AvgIpc) is 3.48. The number of ether oxygens (including phenoxy) is 1. The molecule has 0 spiro atoms. The molecule has 2 atom stereocenters. The SMILES string of the molecule is Cc1nc(N2CC3CC2CO3)cc(-n2ncc3cc(C)c(C4CCC(C)(O)CC4)cc32)n1. The summed E-state index contributed by atoms with van der Waals surface area (Å²) >= 11 is 0. The van der Waals surface area contributed by atoms with Gasteiger partial charge >= 0.3 is 0 Å². The van der Waals surface area contributed by atoms with Gasteiger partial charge < -0.3 is 14.7 Å². The molecule has 1 aromatic carbocycles. The summed E-state index contributed by atoms with van der Waals surface area (Å²) in [7, 11) is 0. The van der Waals surface area contributed by atoms with Crippen LogP contribution in [0.1, 0.15) is 61.9 Å². The molecule has 2 unspecified atom stereocenters. The molecule has 1 saturated carbocycles. The number of aryl methyl sites for hydroxylation is 2. The summed E-state index contributed by atoms with van der Waals surface area (Å²) in [6.07, 6.45) is 7.08. The molecular formula is C25H31N5O2. The molecule has 2 saturated heterocycles. The number of aliphatic hydroxyl groups is 1. The van der Waals surface area contributed by atoms with Crippen LogP contribution in [0.3, 0.4) is 0 Å². The van der Waals surface area contributed by atoms with Crippen LogP contribution in [0.2, 0.25) is 0 Å². The van der Waals surface area contributed by atoms with Crippen molar-refractivity contribution in [1.82, 2.24) is 19.7 Å². The predicted molar refractivity (Wildman–Crippen MR) is 123 cm³/mol. The number of hydrogen-bond acceptors (Lipinski definition) is 6. The van der Waals surface area contributed by atoms with Gasteiger partial charge in [-0.3, -0.25) is 0 Å². The molecule has 6 rings (SSSR count). The Morgan fingerprint density at radius 2 is 1.88 bits per heavy atom. The van der Waals surface area contributed by atoms with E-state index in [1.54, 1.807) is 0 Å². The standard InChI is InChI=1S/C25H31N5O2/c1-15-8-18-12-26-30(22(18)10-21(15)17-4-6-25(3,31)7-5-17)24-11-23(27-16(2)28-24)29-13-20-9-19(29)14-32-20/h8,10-12,17,19-20,31H,4-7,9,13-14H2,1-3H3. The molecule has 2 aromatic heterocycles. The zero-order chi connectivity index (χ0) is 22.0. The lowest BCUT2D eigenvalue weighted by molar-refractivity contribution is 0.0171. The highest BCUT2D eigenvalue weighted by Gasteiger charge is 2.40. The molecule has 2 bridgehead atoms. The van der Waals surface area contributed by atoms with E-state index in [1.165, 1.54) is 11.1 Å². The first-order chi connectivity index (χ1) is 15.4. The van der Waals surface area contributed by atoms with Gasteiger partial charge in [0, 0.05) is 18.0 Å². The molecule has 0 radical (unpaired) electrons. The van der Waals surface area contributed by atoms with E-state index in [-0.39, 0.29) is 0 Å². The summed E-state index contributed by atoms with van der Waals surface area (Å²) in [6.45, 7) is 7.78. The van der Waals surface area contributed by atoms with E-state index in [2.05, 4.69) is 30.0 Å². The summed E-state index contributed by atoms with van der Waals surface area (Å²) in [4.78, 5) is 11.8. The highest BCUT2D eigenvalue weighted by Crippen LogP contribution is 2.40. The van der Waals surface area contributed by atoms with E-state index in [0.717, 1.165) is 73.6 Å². The average molecular weight is 434 g/mol. The van der Waals surface area contributed by atoms with Crippen LogP contribution in [-0.2, 0) is 4.74 Å². The fourth-order valence-corrected chi connectivity index (χ4v) is 5.85. The van der Waals surface area contributed by atoms with Crippen LogP contribution in [0.15, 0.2) is 24.4 Å². The maximum atomic E-state index is 10.4. The third kappa shape index (κ3) is 3.39. The molecule has 3 aliphatic rings. The van der Waals surface area contributed by atoms with Gasteiger partial charge in [-0.15, -0.1) is 0 Å². The lowest BCUT2D eigenvalue weighted by atomic mass is 9.76. The second kappa shape index (κ2) is 7.25. The first-order valence-corrected chi connectivity index (χ1v) is 11.8. The van der Waals surface area contributed by atoms with E-state index in [4.69, 9.17) is 19.8 Å². The van der Waals surface area contributed by atoms with Crippen molar-refractivity contribution in [3.8, 4) is 5.82 Å². The van der Waals surface area contributed by atoms with Crippen molar-refractivity contribution in [1.29, 1.82) is 0 Å². The van der Waals surface area contributed by atoms with Crippen LogP contribution in [0.5, 0.6) is 0 Å². The van der Waals surface area contributed by atoms with E-state index in [9.17, 15) is 5.11 Å². The van der Waals surface area contributed by atoms with Crippen molar-refractivity contribution in [2.75, 3.05) is 18.1 Å². The third-order valence-electron chi connectivity index (χ3n) is 7.68. The fraction of sp³-hybridized carbons (Fsp3) is 0.560. The van der Waals surface area contributed by atoms with Crippen LogP contribution >= 0.6 is 0 Å². The number of anilines is 1. The topological polar surface area (TPSA) is 76.3 Å². The summed E-state index contributed by atoms with van der Waals surface area (Å²) < 4.78 is 7.73. The van der Waals surface area contributed by atoms with Crippen molar-refractivity contribution in [3.05, 3.63) is 41.3 Å². The Balaban J connectivity index is 1.38. The van der Waals surface area contributed by atoms with Crippen molar-refractivity contribution in [2.45, 2.75) is 76.5 Å². The molecule has 7 nitrogen and oxygen atoms in total. The smallest absolute Gasteiger partial charge is 0.159 e. The predicted octanol–water partition coefficient (Wildman–Crippen LogP) is 3.82. The van der Waals surface area contributed by atoms with Crippen molar-refractivity contribution in [2.24, 2.45) is 0 Å². The van der Waals surface area contributed by atoms with Crippen LogP contribution in [0.4, 0.5) is 5.82 Å². The first-order valence-electron chi connectivity index (χ1n) is 11.8. The number of morpholine rings is 1. The number of aromatic nitrogens is 4. The van der Waals surface area contributed by atoms with Gasteiger partial charge in [-0.05, 0) is 82.1 Å². The molecule has 1 aliphatic carbocycles.